The number of fused-ring (bicyclic) bond motifs is 1. The van der Waals surface area contributed by atoms with Crippen LogP contribution in [0.5, 0.6) is 5.75 Å². The summed E-state index contributed by atoms with van der Waals surface area (Å²) in [5, 5.41) is 7.42. The van der Waals surface area contributed by atoms with Crippen molar-refractivity contribution in [1.29, 1.82) is 0 Å². The third kappa shape index (κ3) is 3.59. The van der Waals surface area contributed by atoms with Crippen molar-refractivity contribution in [1.82, 2.24) is 14.8 Å². The van der Waals surface area contributed by atoms with Crippen LogP contribution in [0.3, 0.4) is 0 Å². The minimum atomic E-state index is -0.455. The van der Waals surface area contributed by atoms with Crippen LogP contribution in [0.25, 0.3) is 0 Å². The standard InChI is InChI=1S/C22H22N4O3/c1-14-7-4-5-8-17(14)12-29-18-10-6-9-16(11-18)20-19(21(27)28-3)15(2)25-22-23-13-24-26(20)22/h4-11,13,20H,12H2,1-3H3,(H,23,24,25). The number of rotatable bonds is 5. The molecule has 2 heterocycles. The molecular formula is C22H22N4O3. The Hall–Kier alpha value is -3.61. The molecule has 0 fully saturated rings. The van der Waals surface area contributed by atoms with Gasteiger partial charge in [-0.25, -0.2) is 9.48 Å². The zero-order valence-corrected chi connectivity index (χ0v) is 16.5. The van der Waals surface area contributed by atoms with Gasteiger partial charge in [0.1, 0.15) is 24.7 Å². The summed E-state index contributed by atoms with van der Waals surface area (Å²) in [7, 11) is 1.37. The number of ether oxygens (including phenoxy) is 2. The highest BCUT2D eigenvalue weighted by atomic mass is 16.5. The average molecular weight is 390 g/mol. The van der Waals surface area contributed by atoms with E-state index in [0.717, 1.165) is 11.1 Å². The molecule has 0 spiro atoms. The molecule has 29 heavy (non-hydrogen) atoms. The quantitative estimate of drug-likeness (QED) is 0.671. The van der Waals surface area contributed by atoms with Gasteiger partial charge in [0.05, 0.1) is 12.7 Å². The molecule has 7 nitrogen and oxygen atoms in total. The van der Waals surface area contributed by atoms with E-state index >= 15 is 0 Å². The van der Waals surface area contributed by atoms with E-state index in [1.54, 1.807) is 4.68 Å². The number of aryl methyl sites for hydroxylation is 1. The number of aromatic nitrogens is 3. The fourth-order valence-electron chi connectivity index (χ4n) is 3.48. The van der Waals surface area contributed by atoms with Crippen LogP contribution in [-0.4, -0.2) is 27.8 Å². The van der Waals surface area contributed by atoms with E-state index in [-0.39, 0.29) is 0 Å². The number of carbonyl (C=O) groups is 1. The zero-order chi connectivity index (χ0) is 20.4. The predicted molar refractivity (Wildman–Crippen MR) is 108 cm³/mol. The Bertz CT molecular complexity index is 1090. The molecule has 2 aromatic carbocycles. The largest absolute Gasteiger partial charge is 0.489 e. The summed E-state index contributed by atoms with van der Waals surface area (Å²) in [5.74, 6) is 0.881. The molecule has 1 aliphatic rings. The minimum Gasteiger partial charge on any atom is -0.489 e. The summed E-state index contributed by atoms with van der Waals surface area (Å²) in [4.78, 5) is 16.7. The molecule has 1 atom stereocenters. The van der Waals surface area contributed by atoms with Crippen LogP contribution in [0.2, 0.25) is 0 Å². The van der Waals surface area contributed by atoms with Gasteiger partial charge in [0, 0.05) is 5.70 Å². The van der Waals surface area contributed by atoms with Gasteiger partial charge in [-0.1, -0.05) is 36.4 Å². The second kappa shape index (κ2) is 7.79. The lowest BCUT2D eigenvalue weighted by atomic mass is 9.95. The highest BCUT2D eigenvalue weighted by molar-refractivity contribution is 5.92. The highest BCUT2D eigenvalue weighted by Gasteiger charge is 2.34. The van der Waals surface area contributed by atoms with Gasteiger partial charge >= 0.3 is 5.97 Å². The highest BCUT2D eigenvalue weighted by Crippen LogP contribution is 2.36. The van der Waals surface area contributed by atoms with Crippen molar-refractivity contribution in [2.75, 3.05) is 12.4 Å². The molecule has 148 valence electrons. The van der Waals surface area contributed by atoms with E-state index in [1.807, 2.05) is 43.3 Å². The molecule has 0 aliphatic carbocycles. The number of anilines is 1. The molecule has 1 N–H and O–H groups in total. The first-order chi connectivity index (χ1) is 14.1. The van der Waals surface area contributed by atoms with Crippen molar-refractivity contribution < 1.29 is 14.3 Å². The van der Waals surface area contributed by atoms with Crippen LogP contribution in [0.4, 0.5) is 5.95 Å². The minimum absolute atomic E-state index is 0.410. The van der Waals surface area contributed by atoms with Crippen molar-refractivity contribution >= 4 is 11.9 Å². The Morgan fingerprint density at radius 3 is 2.79 bits per heavy atom. The number of nitrogens with zero attached hydrogens (tertiary/aromatic N) is 3. The SMILES string of the molecule is COC(=O)C1=C(C)Nc2ncnn2C1c1cccc(OCc2ccccc2C)c1. The molecule has 1 aromatic heterocycles. The van der Waals surface area contributed by atoms with Crippen LogP contribution in [0, 0.1) is 6.92 Å². The Morgan fingerprint density at radius 2 is 2.00 bits per heavy atom. The van der Waals surface area contributed by atoms with Crippen molar-refractivity contribution in [3.05, 3.63) is 82.8 Å². The number of esters is 1. The molecule has 1 aliphatic heterocycles. The number of hydrogen-bond acceptors (Lipinski definition) is 6. The molecule has 4 rings (SSSR count). The normalized spacial score (nSPS) is 15.5. The number of benzene rings is 2. The number of carbonyl (C=O) groups excluding carboxylic acids is 1. The van der Waals surface area contributed by atoms with Gasteiger partial charge in [-0.2, -0.15) is 10.1 Å². The Morgan fingerprint density at radius 1 is 1.17 bits per heavy atom. The van der Waals surface area contributed by atoms with E-state index in [2.05, 4.69) is 34.5 Å². The van der Waals surface area contributed by atoms with Gasteiger partial charge in [-0.15, -0.1) is 0 Å². The maximum Gasteiger partial charge on any atom is 0.338 e. The number of methoxy groups -OCH3 is 1. The third-order valence-electron chi connectivity index (χ3n) is 5.03. The lowest BCUT2D eigenvalue weighted by Gasteiger charge is -2.28. The summed E-state index contributed by atoms with van der Waals surface area (Å²) in [6.45, 7) is 4.36. The summed E-state index contributed by atoms with van der Waals surface area (Å²) in [5.41, 5.74) is 4.35. The molecule has 0 saturated carbocycles. The zero-order valence-electron chi connectivity index (χ0n) is 16.5. The fourth-order valence-corrected chi connectivity index (χ4v) is 3.48. The first-order valence-electron chi connectivity index (χ1n) is 9.31. The van der Waals surface area contributed by atoms with Gasteiger partial charge in [-0.05, 0) is 42.7 Å². The number of nitrogens with one attached hydrogen (secondary N) is 1. The first-order valence-corrected chi connectivity index (χ1v) is 9.31. The van der Waals surface area contributed by atoms with Crippen LogP contribution in [-0.2, 0) is 16.1 Å². The van der Waals surface area contributed by atoms with Gasteiger partial charge in [0.25, 0.3) is 0 Å². The molecule has 7 heteroatoms. The van der Waals surface area contributed by atoms with Crippen LogP contribution in [0.1, 0.15) is 29.7 Å². The molecule has 3 aromatic rings. The maximum absolute atomic E-state index is 12.5. The molecule has 1 unspecified atom stereocenters. The maximum atomic E-state index is 12.5. The van der Waals surface area contributed by atoms with Crippen molar-refractivity contribution in [3.63, 3.8) is 0 Å². The van der Waals surface area contributed by atoms with Gasteiger partial charge in [-0.3, -0.25) is 0 Å². The van der Waals surface area contributed by atoms with E-state index in [0.29, 0.717) is 29.6 Å². The van der Waals surface area contributed by atoms with Crippen molar-refractivity contribution in [2.24, 2.45) is 0 Å². The Labute approximate surface area is 169 Å². The van der Waals surface area contributed by atoms with Crippen molar-refractivity contribution in [3.8, 4) is 5.75 Å². The first kappa shape index (κ1) is 18.7. The average Bonchev–Trinajstić information content (AvgIpc) is 3.19. The summed E-state index contributed by atoms with van der Waals surface area (Å²) >= 11 is 0. The Kier molecular flexibility index (Phi) is 5.03. The van der Waals surface area contributed by atoms with Gasteiger partial charge < -0.3 is 14.8 Å². The Balaban J connectivity index is 1.68. The fraction of sp³-hybridized carbons (Fsp3) is 0.227. The van der Waals surface area contributed by atoms with Crippen LogP contribution >= 0.6 is 0 Å². The van der Waals surface area contributed by atoms with E-state index in [1.165, 1.54) is 19.0 Å². The summed E-state index contributed by atoms with van der Waals surface area (Å²) < 4.78 is 12.7. The smallest absolute Gasteiger partial charge is 0.338 e. The van der Waals surface area contributed by atoms with Crippen molar-refractivity contribution in [2.45, 2.75) is 26.5 Å². The molecule has 0 amide bonds. The van der Waals surface area contributed by atoms with Crippen LogP contribution in [0.15, 0.2) is 66.1 Å². The summed E-state index contributed by atoms with van der Waals surface area (Å²) in [6, 6.07) is 15.3. The molecular weight excluding hydrogens is 368 g/mol. The number of hydrogen-bond donors (Lipinski definition) is 1. The van der Waals surface area contributed by atoms with Crippen LogP contribution < -0.4 is 10.1 Å². The third-order valence-corrected chi connectivity index (χ3v) is 5.03. The summed E-state index contributed by atoms with van der Waals surface area (Å²) in [6.07, 6.45) is 1.46. The lowest BCUT2D eigenvalue weighted by molar-refractivity contribution is -0.136. The number of allylic oxidation sites excluding steroid dienone is 1. The van der Waals surface area contributed by atoms with E-state index in [9.17, 15) is 4.79 Å². The van der Waals surface area contributed by atoms with Gasteiger partial charge in [0.2, 0.25) is 5.95 Å². The predicted octanol–water partition coefficient (Wildman–Crippen LogP) is 3.63. The van der Waals surface area contributed by atoms with E-state index < -0.39 is 12.0 Å². The lowest BCUT2D eigenvalue weighted by Crippen LogP contribution is -2.29. The molecule has 0 saturated heterocycles. The van der Waals surface area contributed by atoms with E-state index in [4.69, 9.17) is 9.47 Å². The molecule has 0 radical (unpaired) electrons. The second-order valence-corrected chi connectivity index (χ2v) is 6.87. The second-order valence-electron chi connectivity index (χ2n) is 6.87. The monoisotopic (exact) mass is 390 g/mol. The molecule has 0 bridgehead atoms. The van der Waals surface area contributed by atoms with Gasteiger partial charge in [0.15, 0.2) is 0 Å². The topological polar surface area (TPSA) is 78.3 Å².